The molecule has 0 bridgehead atoms. The lowest BCUT2D eigenvalue weighted by molar-refractivity contribution is -0.127. The van der Waals surface area contributed by atoms with E-state index in [1.807, 2.05) is 57.2 Å². The first-order chi connectivity index (χ1) is 18.2. The maximum absolute atomic E-state index is 12.8. The Bertz CT molecular complexity index is 1410. The zero-order chi connectivity index (χ0) is 27.2. The molecule has 0 aliphatic carbocycles. The summed E-state index contributed by atoms with van der Waals surface area (Å²) in [5, 5.41) is 5.07. The monoisotopic (exact) mass is 529 g/mol. The van der Waals surface area contributed by atoms with Gasteiger partial charge in [0, 0.05) is 11.4 Å². The number of amides is 4. The van der Waals surface area contributed by atoms with Crippen LogP contribution in [-0.2, 0) is 14.4 Å². The highest BCUT2D eigenvalue weighted by Crippen LogP contribution is 2.32. The summed E-state index contributed by atoms with van der Waals surface area (Å²) in [6.07, 6.45) is 1.59. The van der Waals surface area contributed by atoms with Gasteiger partial charge in [0.05, 0.1) is 4.91 Å². The molecule has 3 aromatic carbocycles. The van der Waals surface area contributed by atoms with Crippen LogP contribution in [-0.4, -0.2) is 41.0 Å². The molecule has 8 nitrogen and oxygen atoms in total. The molecular weight excluding hydrogens is 502 g/mol. The van der Waals surface area contributed by atoms with E-state index in [1.165, 1.54) is 0 Å². The summed E-state index contributed by atoms with van der Waals surface area (Å²) in [5.41, 5.74) is 4.88. The highest BCUT2D eigenvalue weighted by atomic mass is 32.2. The number of imide groups is 1. The maximum Gasteiger partial charge on any atom is 0.294 e. The van der Waals surface area contributed by atoms with Gasteiger partial charge in [-0.3, -0.25) is 24.1 Å². The SMILES string of the molecule is Cc1cccc(NC(=O)COc2ccc(/C=C3/SC(=O)N(CC(=O)Nc4c(C)cccc4C)C3=O)cc2)c1. The van der Waals surface area contributed by atoms with E-state index < -0.39 is 17.1 Å². The molecule has 1 aliphatic heterocycles. The predicted octanol–water partition coefficient (Wildman–Crippen LogP) is 5.30. The second kappa shape index (κ2) is 11.8. The van der Waals surface area contributed by atoms with Gasteiger partial charge in [-0.1, -0.05) is 42.5 Å². The fourth-order valence-electron chi connectivity index (χ4n) is 3.85. The van der Waals surface area contributed by atoms with Gasteiger partial charge in [-0.05, 0) is 85.1 Å². The molecule has 4 amide bonds. The largest absolute Gasteiger partial charge is 0.484 e. The standard InChI is InChI=1S/C29H27N3O5S/c1-18-6-4-9-22(14-18)30-26(34)17-37-23-12-10-21(11-13-23)15-24-28(35)32(29(36)38-24)16-25(33)31-27-19(2)7-5-8-20(27)3/h4-15H,16-17H2,1-3H3,(H,30,34)(H,31,33)/b24-15+. The number of hydrogen-bond acceptors (Lipinski definition) is 6. The molecule has 1 aliphatic rings. The Labute approximate surface area is 225 Å². The van der Waals surface area contributed by atoms with Crippen molar-refractivity contribution in [1.82, 2.24) is 4.90 Å². The third-order valence-corrected chi connectivity index (χ3v) is 6.68. The molecule has 0 radical (unpaired) electrons. The van der Waals surface area contributed by atoms with Crippen LogP contribution >= 0.6 is 11.8 Å². The van der Waals surface area contributed by atoms with Crippen molar-refractivity contribution >= 4 is 52.2 Å². The van der Waals surface area contributed by atoms with Crippen LogP contribution in [0.1, 0.15) is 22.3 Å². The number of para-hydroxylation sites is 1. The minimum Gasteiger partial charge on any atom is -0.484 e. The van der Waals surface area contributed by atoms with E-state index in [4.69, 9.17) is 4.74 Å². The van der Waals surface area contributed by atoms with Crippen LogP contribution in [0, 0.1) is 20.8 Å². The van der Waals surface area contributed by atoms with Crippen molar-refractivity contribution in [2.24, 2.45) is 0 Å². The lowest BCUT2D eigenvalue weighted by Crippen LogP contribution is -2.36. The molecule has 2 N–H and O–H groups in total. The summed E-state index contributed by atoms with van der Waals surface area (Å²) in [5.74, 6) is -0.767. The highest BCUT2D eigenvalue weighted by molar-refractivity contribution is 8.18. The molecule has 0 atom stereocenters. The van der Waals surface area contributed by atoms with Crippen LogP contribution in [0.4, 0.5) is 16.2 Å². The number of anilines is 2. The summed E-state index contributed by atoms with van der Waals surface area (Å²) in [6, 6.07) is 19.9. The van der Waals surface area contributed by atoms with E-state index in [0.29, 0.717) is 22.7 Å². The number of carbonyl (C=O) groups excluding carboxylic acids is 4. The normalized spacial score (nSPS) is 14.1. The van der Waals surface area contributed by atoms with Crippen molar-refractivity contribution in [1.29, 1.82) is 0 Å². The molecule has 1 heterocycles. The van der Waals surface area contributed by atoms with Crippen LogP contribution in [0.3, 0.4) is 0 Å². The molecule has 0 saturated carbocycles. The first kappa shape index (κ1) is 26.7. The molecule has 0 aromatic heterocycles. The number of nitrogens with zero attached hydrogens (tertiary/aromatic N) is 1. The first-order valence-corrected chi connectivity index (χ1v) is 12.7. The molecular formula is C29H27N3O5S. The zero-order valence-electron chi connectivity index (χ0n) is 21.2. The minimum absolute atomic E-state index is 0.156. The van der Waals surface area contributed by atoms with Crippen LogP contribution in [0.25, 0.3) is 6.08 Å². The Morgan fingerprint density at radius 1 is 0.895 bits per heavy atom. The Morgan fingerprint density at radius 2 is 1.58 bits per heavy atom. The second-order valence-corrected chi connectivity index (χ2v) is 9.85. The second-order valence-electron chi connectivity index (χ2n) is 8.86. The van der Waals surface area contributed by atoms with Gasteiger partial charge in [0.1, 0.15) is 12.3 Å². The summed E-state index contributed by atoms with van der Waals surface area (Å²) < 4.78 is 5.55. The van der Waals surface area contributed by atoms with E-state index in [0.717, 1.165) is 33.4 Å². The zero-order valence-corrected chi connectivity index (χ0v) is 22.1. The van der Waals surface area contributed by atoms with E-state index in [9.17, 15) is 19.2 Å². The summed E-state index contributed by atoms with van der Waals surface area (Å²) in [4.78, 5) is 51.1. The Hall–Kier alpha value is -4.37. The van der Waals surface area contributed by atoms with Gasteiger partial charge in [-0.15, -0.1) is 0 Å². The molecule has 38 heavy (non-hydrogen) atoms. The summed E-state index contributed by atoms with van der Waals surface area (Å²) >= 11 is 0.786. The number of rotatable bonds is 8. The molecule has 194 valence electrons. The third-order valence-electron chi connectivity index (χ3n) is 5.77. The van der Waals surface area contributed by atoms with E-state index in [2.05, 4.69) is 10.6 Å². The minimum atomic E-state index is -0.523. The lowest BCUT2D eigenvalue weighted by atomic mass is 10.1. The molecule has 9 heteroatoms. The highest BCUT2D eigenvalue weighted by Gasteiger charge is 2.36. The predicted molar refractivity (Wildman–Crippen MR) is 149 cm³/mol. The molecule has 1 saturated heterocycles. The van der Waals surface area contributed by atoms with Gasteiger partial charge in [0.2, 0.25) is 5.91 Å². The van der Waals surface area contributed by atoms with Crippen molar-refractivity contribution < 1.29 is 23.9 Å². The summed E-state index contributed by atoms with van der Waals surface area (Å²) in [7, 11) is 0. The van der Waals surface area contributed by atoms with Gasteiger partial charge in [-0.2, -0.15) is 0 Å². The fraction of sp³-hybridized carbons (Fsp3) is 0.172. The number of hydrogen-bond donors (Lipinski definition) is 2. The first-order valence-electron chi connectivity index (χ1n) is 11.9. The number of benzene rings is 3. The Balaban J connectivity index is 1.32. The van der Waals surface area contributed by atoms with Crippen LogP contribution in [0.15, 0.2) is 71.6 Å². The summed E-state index contributed by atoms with van der Waals surface area (Å²) in [6.45, 7) is 5.17. The van der Waals surface area contributed by atoms with Crippen LogP contribution in [0.5, 0.6) is 5.75 Å². The average molecular weight is 530 g/mol. The van der Waals surface area contributed by atoms with Gasteiger partial charge in [0.25, 0.3) is 17.1 Å². The smallest absolute Gasteiger partial charge is 0.294 e. The molecule has 1 fully saturated rings. The maximum atomic E-state index is 12.8. The van der Waals surface area contributed by atoms with E-state index in [-0.39, 0.29) is 24.0 Å². The van der Waals surface area contributed by atoms with E-state index >= 15 is 0 Å². The number of nitrogens with one attached hydrogen (secondary N) is 2. The average Bonchev–Trinajstić information content (AvgIpc) is 3.13. The lowest BCUT2D eigenvalue weighted by Gasteiger charge is -2.15. The van der Waals surface area contributed by atoms with Crippen molar-refractivity contribution in [3.8, 4) is 5.75 Å². The van der Waals surface area contributed by atoms with E-state index in [1.54, 1.807) is 36.4 Å². The Kier molecular flexibility index (Phi) is 8.28. The quantitative estimate of drug-likeness (QED) is 0.384. The van der Waals surface area contributed by atoms with Crippen molar-refractivity contribution in [2.75, 3.05) is 23.8 Å². The fourth-order valence-corrected chi connectivity index (χ4v) is 4.69. The van der Waals surface area contributed by atoms with Crippen molar-refractivity contribution in [2.45, 2.75) is 20.8 Å². The topological polar surface area (TPSA) is 105 Å². The van der Waals surface area contributed by atoms with Gasteiger partial charge in [-0.25, -0.2) is 0 Å². The van der Waals surface area contributed by atoms with Crippen molar-refractivity contribution in [3.63, 3.8) is 0 Å². The number of thioether (sulfide) groups is 1. The molecule has 4 rings (SSSR count). The molecule has 0 unspecified atom stereocenters. The number of aryl methyl sites for hydroxylation is 3. The van der Waals surface area contributed by atoms with Gasteiger partial charge in [0.15, 0.2) is 6.61 Å². The van der Waals surface area contributed by atoms with Crippen LogP contribution in [0.2, 0.25) is 0 Å². The molecule has 3 aromatic rings. The Morgan fingerprint density at radius 3 is 2.26 bits per heavy atom. The molecule has 0 spiro atoms. The third kappa shape index (κ3) is 6.68. The van der Waals surface area contributed by atoms with Crippen molar-refractivity contribution in [3.05, 3.63) is 93.9 Å². The van der Waals surface area contributed by atoms with Gasteiger partial charge >= 0.3 is 0 Å². The number of ether oxygens (including phenoxy) is 1. The number of carbonyl (C=O) groups is 4. The van der Waals surface area contributed by atoms with Gasteiger partial charge < -0.3 is 15.4 Å². The van der Waals surface area contributed by atoms with Crippen LogP contribution < -0.4 is 15.4 Å².